The Bertz CT molecular complexity index is 469. The number of piperidine rings is 1. The van der Waals surface area contributed by atoms with Crippen LogP contribution in [0.5, 0.6) is 5.75 Å². The average molecular weight is 289 g/mol. The Morgan fingerprint density at radius 2 is 2.06 bits per heavy atom. The van der Waals surface area contributed by atoms with Crippen LogP contribution >= 0.6 is 23.2 Å². The fourth-order valence-corrected chi connectivity index (χ4v) is 2.46. The summed E-state index contributed by atoms with van der Waals surface area (Å²) >= 11 is 11.7. The minimum atomic E-state index is -0.375. The summed E-state index contributed by atoms with van der Waals surface area (Å²) in [6.45, 7) is 0.514. The quantitative estimate of drug-likeness (QED) is 0.781. The molecule has 0 radical (unpaired) electrons. The molecule has 1 aromatic rings. The summed E-state index contributed by atoms with van der Waals surface area (Å²) in [4.78, 5) is 11.1. The molecule has 18 heavy (non-hydrogen) atoms. The smallest absolute Gasteiger partial charge is 0.220 e. The fourth-order valence-electron chi connectivity index (χ4n) is 2.13. The predicted octanol–water partition coefficient (Wildman–Crippen LogP) is 2.22. The third-order valence-corrected chi connectivity index (χ3v) is 3.96. The van der Waals surface area contributed by atoms with Crippen LogP contribution in [0.4, 0.5) is 0 Å². The van der Waals surface area contributed by atoms with Gasteiger partial charge in [0.15, 0.2) is 0 Å². The zero-order chi connectivity index (χ0) is 13.3. The zero-order valence-corrected chi connectivity index (χ0v) is 11.1. The predicted molar refractivity (Wildman–Crippen MR) is 70.8 cm³/mol. The molecule has 4 N–H and O–H groups in total. The van der Waals surface area contributed by atoms with Gasteiger partial charge >= 0.3 is 0 Å². The topological polar surface area (TPSA) is 75.3 Å². The van der Waals surface area contributed by atoms with Crippen molar-refractivity contribution in [3.05, 3.63) is 27.7 Å². The van der Waals surface area contributed by atoms with Crippen molar-refractivity contribution < 1.29 is 9.90 Å². The molecule has 1 aliphatic rings. The number of carbonyl (C=O) groups excluding carboxylic acids is 1. The number of hydrogen-bond acceptors (Lipinski definition) is 3. The maximum Gasteiger partial charge on any atom is 0.220 e. The number of phenols is 1. The number of halogens is 2. The summed E-state index contributed by atoms with van der Waals surface area (Å²) in [7, 11) is 0. The highest BCUT2D eigenvalue weighted by atomic mass is 35.5. The van der Waals surface area contributed by atoms with E-state index in [2.05, 4.69) is 5.32 Å². The molecule has 2 atom stereocenters. The van der Waals surface area contributed by atoms with Crippen LogP contribution in [0.1, 0.15) is 24.4 Å². The van der Waals surface area contributed by atoms with Crippen LogP contribution in [0.25, 0.3) is 0 Å². The zero-order valence-electron chi connectivity index (χ0n) is 9.62. The molecule has 1 heterocycles. The Hall–Kier alpha value is -0.970. The van der Waals surface area contributed by atoms with Gasteiger partial charge in [-0.1, -0.05) is 23.2 Å². The van der Waals surface area contributed by atoms with Crippen molar-refractivity contribution in [1.82, 2.24) is 5.32 Å². The Labute approximate surface area is 115 Å². The van der Waals surface area contributed by atoms with Gasteiger partial charge in [-0.05, 0) is 18.4 Å². The Morgan fingerprint density at radius 3 is 2.67 bits per heavy atom. The molecule has 1 fully saturated rings. The van der Waals surface area contributed by atoms with E-state index in [9.17, 15) is 9.90 Å². The van der Waals surface area contributed by atoms with E-state index in [0.717, 1.165) is 0 Å². The van der Waals surface area contributed by atoms with Crippen molar-refractivity contribution in [2.45, 2.75) is 18.9 Å². The number of aromatic hydroxyl groups is 1. The van der Waals surface area contributed by atoms with Gasteiger partial charge in [0.2, 0.25) is 5.91 Å². The third kappa shape index (κ3) is 2.71. The Balaban J connectivity index is 2.20. The number of benzene rings is 1. The maximum atomic E-state index is 11.1. The standard InChI is InChI=1S/C12H14Cl2N2O2/c13-8-3-7(10(17)4-9(8)14)12(15)6-1-2-11(18)16-5-6/h3-4,6,12,17H,1-2,5,15H2,(H,16,18). The molecule has 2 unspecified atom stereocenters. The molecule has 0 aliphatic carbocycles. The maximum absolute atomic E-state index is 11.1. The summed E-state index contributed by atoms with van der Waals surface area (Å²) < 4.78 is 0. The first-order valence-corrected chi connectivity index (χ1v) is 6.45. The summed E-state index contributed by atoms with van der Waals surface area (Å²) in [5, 5.41) is 13.3. The minimum absolute atomic E-state index is 0.0359. The normalized spacial score (nSPS) is 21.5. The van der Waals surface area contributed by atoms with Crippen molar-refractivity contribution in [2.24, 2.45) is 11.7 Å². The van der Waals surface area contributed by atoms with Crippen molar-refractivity contribution in [3.63, 3.8) is 0 Å². The summed E-state index contributed by atoms with van der Waals surface area (Å²) in [5.41, 5.74) is 6.68. The van der Waals surface area contributed by atoms with Gasteiger partial charge in [0, 0.05) is 30.6 Å². The van der Waals surface area contributed by atoms with E-state index in [1.807, 2.05) is 0 Å². The molecule has 1 aromatic carbocycles. The average Bonchev–Trinajstić information content (AvgIpc) is 2.34. The van der Waals surface area contributed by atoms with Crippen molar-refractivity contribution in [2.75, 3.05) is 6.54 Å². The van der Waals surface area contributed by atoms with Gasteiger partial charge in [-0.3, -0.25) is 4.79 Å². The third-order valence-electron chi connectivity index (χ3n) is 3.24. The van der Waals surface area contributed by atoms with E-state index < -0.39 is 0 Å². The molecule has 0 aromatic heterocycles. The Morgan fingerprint density at radius 1 is 1.39 bits per heavy atom. The van der Waals surface area contributed by atoms with E-state index in [1.54, 1.807) is 6.07 Å². The van der Waals surface area contributed by atoms with Crippen molar-refractivity contribution in [3.8, 4) is 5.75 Å². The van der Waals surface area contributed by atoms with Gasteiger partial charge < -0.3 is 16.2 Å². The van der Waals surface area contributed by atoms with Gasteiger partial charge in [0.25, 0.3) is 0 Å². The van der Waals surface area contributed by atoms with Crippen LogP contribution < -0.4 is 11.1 Å². The summed E-state index contributed by atoms with van der Waals surface area (Å²) in [5.74, 6) is 0.163. The van der Waals surface area contributed by atoms with Crippen LogP contribution in [-0.2, 0) is 4.79 Å². The van der Waals surface area contributed by atoms with Gasteiger partial charge in [-0.25, -0.2) is 0 Å². The first kappa shape index (κ1) is 13.5. The number of phenolic OH excluding ortho intramolecular Hbond substituents is 1. The van der Waals surface area contributed by atoms with E-state index >= 15 is 0 Å². The van der Waals surface area contributed by atoms with Gasteiger partial charge in [-0.2, -0.15) is 0 Å². The first-order valence-electron chi connectivity index (χ1n) is 5.69. The first-order chi connectivity index (χ1) is 8.49. The van der Waals surface area contributed by atoms with Crippen LogP contribution in [0, 0.1) is 5.92 Å². The van der Waals surface area contributed by atoms with Gasteiger partial charge in [0.1, 0.15) is 5.75 Å². The van der Waals surface area contributed by atoms with Crippen LogP contribution in [0.15, 0.2) is 12.1 Å². The fraction of sp³-hybridized carbons (Fsp3) is 0.417. The number of nitrogens with two attached hydrogens (primary N) is 1. The molecule has 4 nitrogen and oxygen atoms in total. The van der Waals surface area contributed by atoms with Crippen molar-refractivity contribution >= 4 is 29.1 Å². The van der Waals surface area contributed by atoms with Crippen LogP contribution in [0.2, 0.25) is 10.0 Å². The van der Waals surface area contributed by atoms with Gasteiger partial charge in [-0.15, -0.1) is 0 Å². The van der Waals surface area contributed by atoms with E-state index in [0.29, 0.717) is 35.0 Å². The second-order valence-electron chi connectivity index (χ2n) is 4.45. The highest BCUT2D eigenvalue weighted by molar-refractivity contribution is 6.42. The second kappa shape index (κ2) is 5.34. The van der Waals surface area contributed by atoms with E-state index in [-0.39, 0.29) is 23.6 Å². The number of hydrogen-bond donors (Lipinski definition) is 3. The number of nitrogens with one attached hydrogen (secondary N) is 1. The SMILES string of the molecule is NC(c1cc(Cl)c(Cl)cc1O)C1CCC(=O)NC1. The van der Waals surface area contributed by atoms with Crippen LogP contribution in [-0.4, -0.2) is 17.6 Å². The molecule has 1 aliphatic heterocycles. The molecule has 1 amide bonds. The lowest BCUT2D eigenvalue weighted by molar-refractivity contribution is -0.123. The van der Waals surface area contributed by atoms with Gasteiger partial charge in [0.05, 0.1) is 10.0 Å². The number of amides is 1. The molecule has 98 valence electrons. The number of carbonyl (C=O) groups is 1. The Kier molecular flexibility index (Phi) is 4.00. The van der Waals surface area contributed by atoms with Crippen molar-refractivity contribution in [1.29, 1.82) is 0 Å². The summed E-state index contributed by atoms with van der Waals surface area (Å²) in [6, 6.07) is 2.60. The molecule has 6 heteroatoms. The monoisotopic (exact) mass is 288 g/mol. The molecular weight excluding hydrogens is 275 g/mol. The molecule has 0 saturated carbocycles. The van der Waals surface area contributed by atoms with E-state index in [4.69, 9.17) is 28.9 Å². The van der Waals surface area contributed by atoms with E-state index in [1.165, 1.54) is 6.07 Å². The molecule has 1 saturated heterocycles. The lowest BCUT2D eigenvalue weighted by Gasteiger charge is -2.28. The highest BCUT2D eigenvalue weighted by Gasteiger charge is 2.26. The molecule has 0 spiro atoms. The second-order valence-corrected chi connectivity index (χ2v) is 5.27. The van der Waals surface area contributed by atoms with Crippen LogP contribution in [0.3, 0.4) is 0 Å². The lowest BCUT2D eigenvalue weighted by Crippen LogP contribution is -2.39. The summed E-state index contributed by atoms with van der Waals surface area (Å²) in [6.07, 6.45) is 1.16. The molecule has 0 bridgehead atoms. The largest absolute Gasteiger partial charge is 0.508 e. The molecule has 2 rings (SSSR count). The molecular formula is C12H14Cl2N2O2. The minimum Gasteiger partial charge on any atom is -0.508 e. The number of rotatable bonds is 2. The lowest BCUT2D eigenvalue weighted by atomic mass is 9.87. The highest BCUT2D eigenvalue weighted by Crippen LogP contribution is 2.36.